The fourth-order valence-corrected chi connectivity index (χ4v) is 11.5. The minimum absolute atomic E-state index is 0.278. The van der Waals surface area contributed by atoms with Crippen molar-refractivity contribution in [2.75, 3.05) is 6.54 Å². The quantitative estimate of drug-likeness (QED) is 0.363. The van der Waals surface area contributed by atoms with Crippen LogP contribution in [0, 0.1) is 5.82 Å². The molecule has 1 aliphatic heterocycles. The third-order valence-corrected chi connectivity index (χ3v) is 14.1. The van der Waals surface area contributed by atoms with Gasteiger partial charge in [-0.2, -0.15) is 0 Å². The van der Waals surface area contributed by atoms with Gasteiger partial charge < -0.3 is 14.6 Å². The first-order valence-corrected chi connectivity index (χ1v) is 15.3. The molecular weight excluding hydrogens is 457 g/mol. The summed E-state index contributed by atoms with van der Waals surface area (Å²) in [6.45, 7) is 15.6. The maximum atomic E-state index is 15.3. The van der Waals surface area contributed by atoms with E-state index >= 15 is 4.39 Å². The van der Waals surface area contributed by atoms with Crippen LogP contribution in [0.4, 0.5) is 4.39 Å². The minimum atomic E-state index is -2.28. The van der Waals surface area contributed by atoms with Crippen molar-refractivity contribution in [3.8, 4) is 5.75 Å². The monoisotopic (exact) mass is 501 g/mol. The van der Waals surface area contributed by atoms with Crippen LogP contribution >= 0.6 is 0 Å². The molecule has 0 amide bonds. The molecule has 2 aromatic carbocycles. The van der Waals surface area contributed by atoms with Crippen molar-refractivity contribution in [1.29, 1.82) is 0 Å². The zero-order valence-electron chi connectivity index (χ0n) is 22.4. The first-order valence-electron chi connectivity index (χ1n) is 13.1. The van der Waals surface area contributed by atoms with E-state index in [1.165, 1.54) is 11.6 Å². The van der Waals surface area contributed by atoms with Crippen molar-refractivity contribution in [3.63, 3.8) is 0 Å². The molecular formula is C29H44FNO3Si. The van der Waals surface area contributed by atoms with Crippen LogP contribution in [0.3, 0.4) is 0 Å². The van der Waals surface area contributed by atoms with Crippen LogP contribution in [0.5, 0.6) is 5.75 Å². The van der Waals surface area contributed by atoms with Crippen LogP contribution in [0.15, 0.2) is 48.5 Å². The summed E-state index contributed by atoms with van der Waals surface area (Å²) in [4.78, 5) is 1.93. The maximum Gasteiger partial charge on any atom is 0.258 e. The molecule has 0 aliphatic carbocycles. The molecule has 0 saturated carbocycles. The van der Waals surface area contributed by atoms with E-state index in [9.17, 15) is 10.2 Å². The van der Waals surface area contributed by atoms with E-state index in [1.54, 1.807) is 12.1 Å². The second-order valence-electron chi connectivity index (χ2n) is 11.1. The summed E-state index contributed by atoms with van der Waals surface area (Å²) in [6, 6.07) is 14.8. The van der Waals surface area contributed by atoms with E-state index in [1.807, 2.05) is 30.0 Å². The molecule has 4 atom stereocenters. The highest BCUT2D eigenvalue weighted by Gasteiger charge is 2.47. The van der Waals surface area contributed by atoms with Crippen molar-refractivity contribution < 1.29 is 19.0 Å². The summed E-state index contributed by atoms with van der Waals surface area (Å²) in [5, 5.41) is 22.0. The SMILES string of the molecule is CC(C)[Si](Oc1ccc(C(O)[C@@H](C)N2CCC(c3ccccc3)CC2O)cc1F)(C(C)C)C(C)C. The molecule has 2 aromatic rings. The Morgan fingerprint density at radius 2 is 1.54 bits per heavy atom. The van der Waals surface area contributed by atoms with Crippen LogP contribution in [-0.2, 0) is 0 Å². The fraction of sp³-hybridized carbons (Fsp3) is 0.586. The van der Waals surface area contributed by atoms with Gasteiger partial charge in [0.25, 0.3) is 8.32 Å². The third kappa shape index (κ3) is 5.82. The largest absolute Gasteiger partial charge is 0.541 e. The van der Waals surface area contributed by atoms with Crippen molar-refractivity contribution in [3.05, 3.63) is 65.5 Å². The average molecular weight is 502 g/mol. The van der Waals surface area contributed by atoms with E-state index in [0.717, 1.165) is 6.42 Å². The van der Waals surface area contributed by atoms with Gasteiger partial charge in [-0.3, -0.25) is 4.90 Å². The number of aliphatic hydroxyl groups excluding tert-OH is 2. The van der Waals surface area contributed by atoms with Crippen molar-refractivity contribution in [1.82, 2.24) is 4.90 Å². The molecule has 0 bridgehead atoms. The van der Waals surface area contributed by atoms with Gasteiger partial charge >= 0.3 is 0 Å². The molecule has 1 aliphatic rings. The lowest BCUT2D eigenvalue weighted by Gasteiger charge is -2.42. The molecule has 0 radical (unpaired) electrons. The molecule has 1 saturated heterocycles. The van der Waals surface area contributed by atoms with Gasteiger partial charge in [-0.25, -0.2) is 4.39 Å². The lowest BCUT2D eigenvalue weighted by atomic mass is 9.87. The molecule has 0 aromatic heterocycles. The highest BCUT2D eigenvalue weighted by atomic mass is 28.4. The number of nitrogens with zero attached hydrogens (tertiary/aromatic N) is 1. The Hall–Kier alpha value is -1.73. The molecule has 1 heterocycles. The van der Waals surface area contributed by atoms with Crippen LogP contribution < -0.4 is 4.43 Å². The predicted molar refractivity (Wildman–Crippen MR) is 144 cm³/mol. The molecule has 1 fully saturated rings. The van der Waals surface area contributed by atoms with Gasteiger partial charge in [0.1, 0.15) is 12.0 Å². The second kappa shape index (κ2) is 11.5. The van der Waals surface area contributed by atoms with Crippen molar-refractivity contribution >= 4 is 8.32 Å². The molecule has 3 rings (SSSR count). The van der Waals surface area contributed by atoms with Crippen LogP contribution in [0.1, 0.15) is 84.5 Å². The van der Waals surface area contributed by atoms with Crippen LogP contribution in [-0.4, -0.2) is 42.2 Å². The zero-order chi connectivity index (χ0) is 25.9. The molecule has 3 unspecified atom stereocenters. The Labute approximate surface area is 212 Å². The number of halogens is 1. The summed E-state index contributed by atoms with van der Waals surface area (Å²) in [7, 11) is -2.28. The summed E-state index contributed by atoms with van der Waals surface area (Å²) in [5.41, 5.74) is 2.76. The van der Waals surface area contributed by atoms with E-state index in [0.29, 0.717) is 41.1 Å². The lowest BCUT2D eigenvalue weighted by Crippen LogP contribution is -2.50. The number of aliphatic hydroxyl groups is 2. The number of likely N-dealkylation sites (tertiary alicyclic amines) is 1. The second-order valence-corrected chi connectivity index (χ2v) is 16.5. The maximum absolute atomic E-state index is 15.3. The predicted octanol–water partition coefficient (Wildman–Crippen LogP) is 7.00. The Morgan fingerprint density at radius 3 is 2.06 bits per heavy atom. The molecule has 35 heavy (non-hydrogen) atoms. The van der Waals surface area contributed by atoms with E-state index in [4.69, 9.17) is 4.43 Å². The standard InChI is InChI=1S/C29H44FNO3Si/c1-19(2)35(20(3)4,21(5)6)34-27-14-13-25(17-26(27)30)29(33)22(7)31-16-15-24(18-28(31)32)23-11-9-8-10-12-23/h8-14,17,19-22,24,28-29,32-33H,15-16,18H2,1-7H3/t22-,24?,28?,29?/m1/s1. The Balaban J connectivity index is 1.73. The summed E-state index contributed by atoms with van der Waals surface area (Å²) in [6.07, 6.45) is -0.0373. The first kappa shape index (κ1) is 27.8. The highest BCUT2D eigenvalue weighted by molar-refractivity contribution is 6.78. The van der Waals surface area contributed by atoms with Crippen LogP contribution in [0.2, 0.25) is 16.6 Å². The van der Waals surface area contributed by atoms with Gasteiger partial charge in [0, 0.05) is 12.6 Å². The van der Waals surface area contributed by atoms with E-state index in [2.05, 4.69) is 53.7 Å². The number of hydrogen-bond acceptors (Lipinski definition) is 4. The van der Waals surface area contributed by atoms with Crippen molar-refractivity contribution in [2.45, 2.75) is 102 Å². The molecule has 2 N–H and O–H groups in total. The average Bonchev–Trinajstić information content (AvgIpc) is 2.82. The number of piperidine rings is 1. The van der Waals surface area contributed by atoms with Gasteiger partial charge in [-0.05, 0) is 65.6 Å². The number of benzene rings is 2. The van der Waals surface area contributed by atoms with Gasteiger partial charge in [0.2, 0.25) is 0 Å². The Kier molecular flexibility index (Phi) is 9.19. The Bertz CT molecular complexity index is 930. The lowest BCUT2D eigenvalue weighted by molar-refractivity contribution is -0.0821. The van der Waals surface area contributed by atoms with Gasteiger partial charge in [0.15, 0.2) is 5.82 Å². The highest BCUT2D eigenvalue weighted by Crippen LogP contribution is 2.43. The smallest absolute Gasteiger partial charge is 0.258 e. The van der Waals surface area contributed by atoms with Crippen LogP contribution in [0.25, 0.3) is 0 Å². The number of hydrogen-bond donors (Lipinski definition) is 2. The topological polar surface area (TPSA) is 52.9 Å². The Morgan fingerprint density at radius 1 is 0.943 bits per heavy atom. The molecule has 4 nitrogen and oxygen atoms in total. The molecule has 194 valence electrons. The van der Waals surface area contributed by atoms with Gasteiger partial charge in [0.05, 0.1) is 6.10 Å². The van der Waals surface area contributed by atoms with Gasteiger partial charge in [-0.1, -0.05) is 77.9 Å². The van der Waals surface area contributed by atoms with E-state index in [-0.39, 0.29) is 11.8 Å². The van der Waals surface area contributed by atoms with Gasteiger partial charge in [-0.15, -0.1) is 0 Å². The van der Waals surface area contributed by atoms with E-state index < -0.39 is 26.5 Å². The summed E-state index contributed by atoms with van der Waals surface area (Å²) in [5.74, 6) is 0.143. The summed E-state index contributed by atoms with van der Waals surface area (Å²) < 4.78 is 21.8. The number of rotatable bonds is 9. The van der Waals surface area contributed by atoms with Crippen molar-refractivity contribution in [2.24, 2.45) is 0 Å². The molecule has 6 heteroatoms. The molecule has 0 spiro atoms. The minimum Gasteiger partial charge on any atom is -0.541 e. The fourth-order valence-electron chi connectivity index (χ4n) is 6.25. The summed E-state index contributed by atoms with van der Waals surface area (Å²) >= 11 is 0. The first-order chi connectivity index (χ1) is 16.5. The third-order valence-electron chi connectivity index (χ3n) is 8.16. The zero-order valence-corrected chi connectivity index (χ0v) is 23.4. The normalized spacial score (nSPS) is 21.5.